The lowest BCUT2D eigenvalue weighted by atomic mass is 10.2. The average Bonchev–Trinajstić information content (AvgIpc) is 3.09. The molecule has 0 unspecified atom stereocenters. The van der Waals surface area contributed by atoms with E-state index in [2.05, 4.69) is 4.40 Å². The molecule has 0 aliphatic carbocycles. The monoisotopic (exact) mass is 355 g/mol. The fraction of sp³-hybridized carbons (Fsp3) is 0.267. The van der Waals surface area contributed by atoms with Crippen LogP contribution in [0.4, 0.5) is 0 Å². The molecule has 23 heavy (non-hydrogen) atoms. The Morgan fingerprint density at radius 2 is 1.87 bits per heavy atom. The molecule has 0 aliphatic rings. The number of thiophene rings is 1. The quantitative estimate of drug-likeness (QED) is 0.714. The molecule has 0 radical (unpaired) electrons. The molecule has 0 saturated heterocycles. The molecule has 6 nitrogen and oxygen atoms in total. The van der Waals surface area contributed by atoms with Crippen LogP contribution in [0.2, 0.25) is 0 Å². The lowest BCUT2D eigenvalue weighted by Crippen LogP contribution is -2.00. The normalized spacial score (nSPS) is 11.6. The van der Waals surface area contributed by atoms with Crippen LogP contribution >= 0.6 is 11.3 Å². The van der Waals surface area contributed by atoms with Gasteiger partial charge in [0.15, 0.2) is 11.5 Å². The fourth-order valence-electron chi connectivity index (χ4n) is 1.85. The first kappa shape index (κ1) is 17.3. The first-order chi connectivity index (χ1) is 11.0. The van der Waals surface area contributed by atoms with Crippen molar-refractivity contribution in [2.45, 2.75) is 11.1 Å². The van der Waals surface area contributed by atoms with E-state index in [4.69, 9.17) is 14.2 Å². The van der Waals surface area contributed by atoms with Crippen LogP contribution in [-0.2, 0) is 10.0 Å². The third kappa shape index (κ3) is 4.02. The van der Waals surface area contributed by atoms with Crippen LogP contribution in [-0.4, -0.2) is 35.5 Å². The lowest BCUT2D eigenvalue weighted by Gasteiger charge is -2.14. The molecule has 124 valence electrons. The summed E-state index contributed by atoms with van der Waals surface area (Å²) >= 11 is 1.12. The molecular weight excluding hydrogens is 338 g/mol. The van der Waals surface area contributed by atoms with Crippen LogP contribution in [0.3, 0.4) is 0 Å². The topological polar surface area (TPSA) is 74.2 Å². The second-order valence-corrected chi connectivity index (χ2v) is 7.14. The molecule has 2 aromatic rings. The Bertz CT molecular complexity index is 757. The number of hydrogen-bond acceptors (Lipinski definition) is 6. The second-order valence-electron chi connectivity index (χ2n) is 4.33. The number of benzene rings is 1. The number of rotatable bonds is 7. The zero-order valence-corrected chi connectivity index (χ0v) is 14.6. The number of methoxy groups -OCH3 is 2. The van der Waals surface area contributed by atoms with Gasteiger partial charge in [0.25, 0.3) is 10.0 Å². The molecule has 0 saturated carbocycles. The molecule has 0 spiro atoms. The summed E-state index contributed by atoms with van der Waals surface area (Å²) in [5, 5.41) is 1.69. The summed E-state index contributed by atoms with van der Waals surface area (Å²) in [6, 6.07) is 6.45. The van der Waals surface area contributed by atoms with Gasteiger partial charge in [0, 0.05) is 11.8 Å². The molecule has 0 N–H and O–H groups in total. The van der Waals surface area contributed by atoms with Gasteiger partial charge in [-0.1, -0.05) is 6.07 Å². The van der Waals surface area contributed by atoms with Gasteiger partial charge in [0.05, 0.1) is 20.8 Å². The number of hydrogen-bond donors (Lipinski definition) is 0. The molecule has 0 amide bonds. The van der Waals surface area contributed by atoms with Gasteiger partial charge < -0.3 is 14.2 Å². The van der Waals surface area contributed by atoms with Crippen molar-refractivity contribution < 1.29 is 22.6 Å². The van der Waals surface area contributed by atoms with E-state index in [0.29, 0.717) is 29.4 Å². The van der Waals surface area contributed by atoms with E-state index in [1.54, 1.807) is 23.6 Å². The molecule has 1 aromatic carbocycles. The van der Waals surface area contributed by atoms with Crippen molar-refractivity contribution in [1.29, 1.82) is 0 Å². The summed E-state index contributed by atoms with van der Waals surface area (Å²) in [5.74, 6) is 1.36. The van der Waals surface area contributed by atoms with Gasteiger partial charge in [-0.15, -0.1) is 11.3 Å². The molecule has 8 heteroatoms. The van der Waals surface area contributed by atoms with E-state index in [1.807, 2.05) is 6.92 Å². The van der Waals surface area contributed by atoms with Gasteiger partial charge in [-0.3, -0.25) is 0 Å². The Kier molecular flexibility index (Phi) is 5.62. The van der Waals surface area contributed by atoms with E-state index >= 15 is 0 Å². The largest absolute Gasteiger partial charge is 0.493 e. The van der Waals surface area contributed by atoms with Crippen molar-refractivity contribution in [2.75, 3.05) is 20.8 Å². The average molecular weight is 355 g/mol. The first-order valence-electron chi connectivity index (χ1n) is 6.74. The first-order valence-corrected chi connectivity index (χ1v) is 9.06. The van der Waals surface area contributed by atoms with E-state index < -0.39 is 10.0 Å². The third-order valence-electron chi connectivity index (χ3n) is 2.86. The van der Waals surface area contributed by atoms with Crippen LogP contribution in [0.5, 0.6) is 17.2 Å². The number of nitrogens with zero attached hydrogens (tertiary/aromatic N) is 1. The lowest BCUT2D eigenvalue weighted by molar-refractivity contribution is 0.288. The number of ether oxygens (including phenoxy) is 3. The van der Waals surface area contributed by atoms with Crippen LogP contribution < -0.4 is 14.2 Å². The maximum absolute atomic E-state index is 12.1. The van der Waals surface area contributed by atoms with Crippen LogP contribution in [0.15, 0.2) is 38.3 Å². The summed E-state index contributed by atoms with van der Waals surface area (Å²) in [7, 11) is -0.698. The van der Waals surface area contributed by atoms with E-state index in [1.165, 1.54) is 26.5 Å². The Hall–Kier alpha value is -2.06. The van der Waals surface area contributed by atoms with Crippen molar-refractivity contribution in [2.24, 2.45) is 4.40 Å². The molecule has 0 bridgehead atoms. The Labute approximate surface area is 139 Å². The van der Waals surface area contributed by atoms with Crippen molar-refractivity contribution in [1.82, 2.24) is 0 Å². The predicted molar refractivity (Wildman–Crippen MR) is 89.8 cm³/mol. The molecule has 0 aliphatic heterocycles. The van der Waals surface area contributed by atoms with Crippen LogP contribution in [0.25, 0.3) is 0 Å². The standard InChI is InChI=1S/C15H17NO5S2/c1-4-21-15-12(19-2)8-11(9-13(15)20-3)10-16-23(17,18)14-6-5-7-22-14/h5-10H,4H2,1-3H3/b16-10-. The molecule has 0 atom stereocenters. The highest BCUT2D eigenvalue weighted by atomic mass is 32.2. The van der Waals surface area contributed by atoms with Crippen LogP contribution in [0.1, 0.15) is 12.5 Å². The molecule has 2 rings (SSSR count). The zero-order valence-electron chi connectivity index (χ0n) is 13.0. The molecule has 1 heterocycles. The van der Waals surface area contributed by atoms with Gasteiger partial charge in [0.1, 0.15) is 4.21 Å². The third-order valence-corrected chi connectivity index (χ3v) is 5.47. The minimum Gasteiger partial charge on any atom is -0.493 e. The summed E-state index contributed by atoms with van der Waals surface area (Å²) < 4.78 is 44.1. The maximum atomic E-state index is 12.1. The van der Waals surface area contributed by atoms with E-state index in [9.17, 15) is 8.42 Å². The molecule has 1 aromatic heterocycles. The summed E-state index contributed by atoms with van der Waals surface area (Å²) in [4.78, 5) is 0. The maximum Gasteiger partial charge on any atom is 0.291 e. The highest BCUT2D eigenvalue weighted by Gasteiger charge is 2.15. The summed E-state index contributed by atoms with van der Waals surface area (Å²) in [6.07, 6.45) is 1.26. The minimum absolute atomic E-state index is 0.193. The van der Waals surface area contributed by atoms with Gasteiger partial charge in [-0.25, -0.2) is 0 Å². The highest BCUT2D eigenvalue weighted by molar-refractivity contribution is 7.92. The van der Waals surface area contributed by atoms with Gasteiger partial charge in [-0.05, 0) is 30.5 Å². The van der Waals surface area contributed by atoms with Crippen molar-refractivity contribution in [3.63, 3.8) is 0 Å². The smallest absolute Gasteiger partial charge is 0.291 e. The van der Waals surface area contributed by atoms with Gasteiger partial charge in [0.2, 0.25) is 5.75 Å². The van der Waals surface area contributed by atoms with Gasteiger partial charge in [-0.2, -0.15) is 12.8 Å². The van der Waals surface area contributed by atoms with Gasteiger partial charge >= 0.3 is 0 Å². The SMILES string of the molecule is CCOc1c(OC)cc(/C=N\S(=O)(=O)c2cccs2)cc1OC. The minimum atomic E-state index is -3.70. The predicted octanol–water partition coefficient (Wildman–Crippen LogP) is 2.97. The van der Waals surface area contributed by atoms with Crippen molar-refractivity contribution >= 4 is 27.6 Å². The van der Waals surface area contributed by atoms with E-state index in [0.717, 1.165) is 11.3 Å². The molecular formula is C15H17NO5S2. The summed E-state index contributed by atoms with van der Waals surface area (Å²) in [6.45, 7) is 2.30. The van der Waals surface area contributed by atoms with E-state index in [-0.39, 0.29) is 4.21 Å². The van der Waals surface area contributed by atoms with Crippen molar-refractivity contribution in [3.8, 4) is 17.2 Å². The Morgan fingerprint density at radius 3 is 2.35 bits per heavy atom. The molecule has 0 fully saturated rings. The van der Waals surface area contributed by atoms with Crippen LogP contribution in [0, 0.1) is 0 Å². The summed E-state index contributed by atoms with van der Waals surface area (Å²) in [5.41, 5.74) is 0.530. The highest BCUT2D eigenvalue weighted by Crippen LogP contribution is 2.38. The fourth-order valence-corrected chi connectivity index (χ4v) is 3.70. The number of sulfonamides is 1. The van der Waals surface area contributed by atoms with Crippen molar-refractivity contribution in [3.05, 3.63) is 35.2 Å². The zero-order chi connectivity index (χ0) is 16.9. The Balaban J connectivity index is 2.39. The second kappa shape index (κ2) is 7.47. The Morgan fingerprint density at radius 1 is 1.22 bits per heavy atom.